The lowest BCUT2D eigenvalue weighted by Crippen LogP contribution is -2.12. The molecule has 0 atom stereocenters. The summed E-state index contributed by atoms with van der Waals surface area (Å²) in [5.41, 5.74) is 3.04. The molecule has 4 nitrogen and oxygen atoms in total. The molecule has 33 heavy (non-hydrogen) atoms. The van der Waals surface area contributed by atoms with Crippen LogP contribution in [-0.4, -0.2) is 18.2 Å². The van der Waals surface area contributed by atoms with Crippen LogP contribution in [0.15, 0.2) is 96.0 Å². The zero-order chi connectivity index (χ0) is 23.6. The molecule has 0 saturated carbocycles. The topological polar surface area (TPSA) is 56.1 Å². The lowest BCUT2D eigenvalue weighted by atomic mass is 9.88. The summed E-state index contributed by atoms with van der Waals surface area (Å²) in [4.78, 5) is 12.7. The average Bonchev–Trinajstić information content (AvgIpc) is 3.17. The van der Waals surface area contributed by atoms with Gasteiger partial charge in [0.05, 0.1) is 10.4 Å². The molecular formula is C28H27NO3S. The van der Waals surface area contributed by atoms with E-state index in [1.807, 2.05) is 48.5 Å². The van der Waals surface area contributed by atoms with Gasteiger partial charge in [0.15, 0.2) is 5.78 Å². The van der Waals surface area contributed by atoms with Crippen molar-refractivity contribution in [2.75, 3.05) is 0 Å². The van der Waals surface area contributed by atoms with Gasteiger partial charge in [-0.1, -0.05) is 81.4 Å². The highest BCUT2D eigenvalue weighted by atomic mass is 32.2. The van der Waals surface area contributed by atoms with Crippen molar-refractivity contribution in [3.8, 4) is 0 Å². The number of fused-ring (bicyclic) bond motifs is 1. The van der Waals surface area contributed by atoms with E-state index in [1.165, 1.54) is 10.0 Å². The quantitative estimate of drug-likeness (QED) is 0.250. The summed E-state index contributed by atoms with van der Waals surface area (Å²) in [6, 6.07) is 23.4. The fraction of sp³-hybridized carbons (Fsp3) is 0.179. The number of nitrogens with zero attached hydrogens (tertiary/aromatic N) is 1. The van der Waals surface area contributed by atoms with Crippen molar-refractivity contribution in [2.45, 2.75) is 32.1 Å². The number of rotatable bonds is 6. The Bertz CT molecular complexity index is 1420. The molecule has 0 aliphatic heterocycles. The molecule has 0 N–H and O–H groups in total. The molecule has 1 aromatic heterocycles. The highest BCUT2D eigenvalue weighted by Gasteiger charge is 2.21. The molecule has 1 heterocycles. The Morgan fingerprint density at radius 1 is 0.879 bits per heavy atom. The second-order valence-electron chi connectivity index (χ2n) is 9.35. The molecule has 0 unspecified atom stereocenters. The van der Waals surface area contributed by atoms with Gasteiger partial charge in [-0.2, -0.15) is 0 Å². The Morgan fingerprint density at radius 2 is 1.52 bits per heavy atom. The smallest absolute Gasteiger partial charge is 0.268 e. The monoisotopic (exact) mass is 457 g/mol. The van der Waals surface area contributed by atoms with Crippen molar-refractivity contribution in [1.29, 1.82) is 0 Å². The van der Waals surface area contributed by atoms with Gasteiger partial charge in [0.2, 0.25) is 0 Å². The third-order valence-corrected chi connectivity index (χ3v) is 7.08. The maximum atomic E-state index is 13.5. The molecule has 3 aromatic carbocycles. The first-order valence-electron chi connectivity index (χ1n) is 10.9. The molecule has 5 heteroatoms. The van der Waals surface area contributed by atoms with E-state index in [9.17, 15) is 13.2 Å². The minimum atomic E-state index is -3.80. The summed E-state index contributed by atoms with van der Waals surface area (Å²) < 4.78 is 28.3. The minimum absolute atomic E-state index is 0.120. The van der Waals surface area contributed by atoms with E-state index >= 15 is 0 Å². The van der Waals surface area contributed by atoms with Crippen LogP contribution in [0.4, 0.5) is 0 Å². The largest absolute Gasteiger partial charge is 0.289 e. The van der Waals surface area contributed by atoms with Crippen LogP contribution < -0.4 is 0 Å². The third kappa shape index (κ3) is 4.99. The second-order valence-corrected chi connectivity index (χ2v) is 11.2. The average molecular weight is 458 g/mol. The van der Waals surface area contributed by atoms with E-state index in [0.29, 0.717) is 16.6 Å². The van der Waals surface area contributed by atoms with Gasteiger partial charge in [-0.05, 0) is 47.8 Å². The van der Waals surface area contributed by atoms with Gasteiger partial charge in [-0.15, -0.1) is 0 Å². The Hall–Kier alpha value is -3.44. The molecule has 0 radical (unpaired) electrons. The van der Waals surface area contributed by atoms with Crippen LogP contribution in [0.5, 0.6) is 0 Å². The molecule has 4 aromatic rings. The van der Waals surface area contributed by atoms with Gasteiger partial charge < -0.3 is 0 Å². The third-order valence-electron chi connectivity index (χ3n) is 5.40. The molecule has 0 aliphatic carbocycles. The highest BCUT2D eigenvalue weighted by molar-refractivity contribution is 7.90. The predicted octanol–water partition coefficient (Wildman–Crippen LogP) is 6.36. The number of carbonyl (C=O) groups excluding carboxylic acids is 1. The maximum Gasteiger partial charge on any atom is 0.268 e. The van der Waals surface area contributed by atoms with Crippen molar-refractivity contribution in [3.05, 3.63) is 108 Å². The molecule has 0 spiro atoms. The first-order chi connectivity index (χ1) is 15.6. The number of hydrogen-bond acceptors (Lipinski definition) is 3. The first kappa shape index (κ1) is 22.7. The second kappa shape index (κ2) is 8.83. The molecule has 0 saturated heterocycles. The molecule has 0 aliphatic rings. The number of carbonyl (C=O) groups is 1. The zero-order valence-corrected chi connectivity index (χ0v) is 19.8. The number of para-hydroxylation sites is 1. The van der Waals surface area contributed by atoms with Crippen LogP contribution in [0, 0.1) is 5.41 Å². The standard InChI is InChI=1S/C28H27NO3S/c1-28(2,3)19-21-13-16-24(17-14-21)33(31,32)29-20-23(25-11-7-8-12-26(25)29)15-18-27(30)22-9-5-4-6-10-22/h4-18,20H,19H2,1-3H3/b18-15+. The summed E-state index contributed by atoms with van der Waals surface area (Å²) in [5.74, 6) is -0.135. The normalized spacial score (nSPS) is 12.5. The Labute approximate surface area is 195 Å². The Balaban J connectivity index is 1.71. The summed E-state index contributed by atoms with van der Waals surface area (Å²) >= 11 is 0. The lowest BCUT2D eigenvalue weighted by molar-refractivity contribution is 0.104. The van der Waals surface area contributed by atoms with E-state index in [-0.39, 0.29) is 16.1 Å². The van der Waals surface area contributed by atoms with E-state index in [2.05, 4.69) is 20.8 Å². The number of benzene rings is 3. The number of hydrogen-bond donors (Lipinski definition) is 0. The van der Waals surface area contributed by atoms with Crippen LogP contribution in [-0.2, 0) is 16.4 Å². The number of ketones is 1. The SMILES string of the molecule is CC(C)(C)Cc1ccc(S(=O)(=O)n2cc(/C=C/C(=O)c3ccccc3)c3ccccc32)cc1. The fourth-order valence-electron chi connectivity index (χ4n) is 3.88. The van der Waals surface area contributed by atoms with Crippen LogP contribution in [0.1, 0.15) is 42.3 Å². The molecule has 0 amide bonds. The van der Waals surface area contributed by atoms with E-state index < -0.39 is 10.0 Å². The van der Waals surface area contributed by atoms with Crippen LogP contribution >= 0.6 is 0 Å². The number of allylic oxidation sites excluding steroid dienone is 1. The first-order valence-corrected chi connectivity index (χ1v) is 12.3. The lowest BCUT2D eigenvalue weighted by Gasteiger charge is -2.18. The van der Waals surface area contributed by atoms with Crippen molar-refractivity contribution in [2.24, 2.45) is 5.41 Å². The Kier molecular flexibility index (Phi) is 6.09. The maximum absolute atomic E-state index is 13.5. The molecule has 168 valence electrons. The van der Waals surface area contributed by atoms with E-state index in [0.717, 1.165) is 17.4 Å². The van der Waals surface area contributed by atoms with Crippen LogP contribution in [0.2, 0.25) is 0 Å². The zero-order valence-electron chi connectivity index (χ0n) is 19.0. The van der Waals surface area contributed by atoms with Crippen molar-refractivity contribution < 1.29 is 13.2 Å². The van der Waals surface area contributed by atoms with Crippen molar-refractivity contribution in [1.82, 2.24) is 3.97 Å². The molecular weight excluding hydrogens is 430 g/mol. The molecule has 0 fully saturated rings. The van der Waals surface area contributed by atoms with E-state index in [1.54, 1.807) is 42.6 Å². The van der Waals surface area contributed by atoms with Crippen molar-refractivity contribution >= 4 is 32.8 Å². The summed E-state index contributed by atoms with van der Waals surface area (Å²) in [6.07, 6.45) is 5.60. The van der Waals surface area contributed by atoms with Crippen molar-refractivity contribution in [3.63, 3.8) is 0 Å². The number of aromatic nitrogens is 1. The van der Waals surface area contributed by atoms with Gasteiger partial charge in [0.1, 0.15) is 0 Å². The van der Waals surface area contributed by atoms with Gasteiger partial charge in [-0.25, -0.2) is 12.4 Å². The summed E-state index contributed by atoms with van der Waals surface area (Å²) in [5, 5.41) is 0.766. The fourth-order valence-corrected chi connectivity index (χ4v) is 5.25. The highest BCUT2D eigenvalue weighted by Crippen LogP contribution is 2.28. The van der Waals surface area contributed by atoms with Gasteiger partial charge in [0, 0.05) is 22.7 Å². The van der Waals surface area contributed by atoms with Crippen LogP contribution in [0.3, 0.4) is 0 Å². The van der Waals surface area contributed by atoms with Gasteiger partial charge in [0.25, 0.3) is 10.0 Å². The van der Waals surface area contributed by atoms with Gasteiger partial charge >= 0.3 is 0 Å². The van der Waals surface area contributed by atoms with Gasteiger partial charge in [-0.3, -0.25) is 4.79 Å². The Morgan fingerprint density at radius 3 is 2.18 bits per heavy atom. The van der Waals surface area contributed by atoms with Crippen LogP contribution in [0.25, 0.3) is 17.0 Å². The molecule has 0 bridgehead atoms. The minimum Gasteiger partial charge on any atom is -0.289 e. The molecule has 4 rings (SSSR count). The van der Waals surface area contributed by atoms with E-state index in [4.69, 9.17) is 0 Å². The predicted molar refractivity (Wildman–Crippen MR) is 134 cm³/mol. The summed E-state index contributed by atoms with van der Waals surface area (Å²) in [7, 11) is -3.80. The summed E-state index contributed by atoms with van der Waals surface area (Å²) in [6.45, 7) is 6.46.